The average molecular weight is 235 g/mol. The molecule has 0 aromatic heterocycles. The Kier molecular flexibility index (Phi) is 2.20. The molecule has 0 saturated carbocycles. The van der Waals surface area contributed by atoms with Gasteiger partial charge in [0, 0.05) is 14.0 Å². The first-order valence-corrected chi connectivity index (χ1v) is 4.88. The highest BCUT2D eigenvalue weighted by Crippen LogP contribution is 2.39. The van der Waals surface area contributed by atoms with Crippen LogP contribution >= 0.6 is 0 Å². The predicted molar refractivity (Wildman–Crippen MR) is 52.2 cm³/mol. The molecule has 88 valence electrons. The van der Waals surface area contributed by atoms with Crippen LogP contribution in [0.5, 0.6) is 0 Å². The maximum absolute atomic E-state index is 12.0. The molecule has 0 N–H and O–H groups in total. The summed E-state index contributed by atoms with van der Waals surface area (Å²) in [6.07, 6.45) is 0. The summed E-state index contributed by atoms with van der Waals surface area (Å²) in [5.41, 5.74) is -1.79. The quantitative estimate of drug-likeness (QED) is 0.538. The molecule has 2 heterocycles. The Labute approximate surface area is 96.5 Å². The second-order valence-electron chi connectivity index (χ2n) is 3.83. The molecule has 2 atom stereocenters. The summed E-state index contributed by atoms with van der Waals surface area (Å²) in [6.45, 7) is 1.15. The molecular weight excluding hydrogens is 226 g/mol. The number of urea groups is 1. The Morgan fingerprint density at radius 3 is 2.76 bits per heavy atom. The van der Waals surface area contributed by atoms with E-state index < -0.39 is 29.4 Å². The number of nitrogens with zero attached hydrogens (tertiary/aromatic N) is 5. The summed E-state index contributed by atoms with van der Waals surface area (Å²) in [6, 6.07) is 1.10. The van der Waals surface area contributed by atoms with Gasteiger partial charge in [-0.25, -0.2) is 9.69 Å². The SMILES string of the molecule is CC(=O)N1C(=O)N(C)C(=O)[C@@]12N=NC[C@H]2C#N. The Morgan fingerprint density at radius 1 is 1.59 bits per heavy atom. The van der Waals surface area contributed by atoms with E-state index in [1.54, 1.807) is 0 Å². The van der Waals surface area contributed by atoms with E-state index in [9.17, 15) is 14.4 Å². The second kappa shape index (κ2) is 3.35. The van der Waals surface area contributed by atoms with Crippen LogP contribution in [-0.2, 0) is 9.59 Å². The maximum Gasteiger partial charge on any atom is 0.335 e. The normalized spacial score (nSPS) is 31.5. The smallest absolute Gasteiger partial charge is 0.275 e. The molecule has 17 heavy (non-hydrogen) atoms. The Hall–Kier alpha value is -2.30. The number of likely N-dealkylation sites (N-methyl/N-ethyl adjacent to an activating group) is 1. The van der Waals surface area contributed by atoms with Gasteiger partial charge in [-0.2, -0.15) is 15.5 Å². The molecule has 0 unspecified atom stereocenters. The van der Waals surface area contributed by atoms with Crippen LogP contribution in [-0.4, -0.2) is 46.9 Å². The predicted octanol–water partition coefficient (Wildman–Crippen LogP) is -0.271. The summed E-state index contributed by atoms with van der Waals surface area (Å²) in [4.78, 5) is 36.8. The second-order valence-corrected chi connectivity index (χ2v) is 3.83. The van der Waals surface area contributed by atoms with Gasteiger partial charge in [-0.15, -0.1) is 0 Å². The lowest BCUT2D eigenvalue weighted by Crippen LogP contribution is -2.53. The highest BCUT2D eigenvalue weighted by atomic mass is 16.2. The van der Waals surface area contributed by atoms with Crippen LogP contribution in [0.2, 0.25) is 0 Å². The van der Waals surface area contributed by atoms with Gasteiger partial charge in [-0.1, -0.05) is 0 Å². The van der Waals surface area contributed by atoms with Crippen LogP contribution in [0.25, 0.3) is 0 Å². The minimum atomic E-state index is -1.79. The molecule has 0 aliphatic carbocycles. The van der Waals surface area contributed by atoms with Crippen molar-refractivity contribution in [2.45, 2.75) is 12.6 Å². The zero-order chi connectivity index (χ0) is 12.8. The van der Waals surface area contributed by atoms with Gasteiger partial charge in [-0.05, 0) is 0 Å². The average Bonchev–Trinajstić information content (AvgIpc) is 2.77. The lowest BCUT2D eigenvalue weighted by molar-refractivity contribution is -0.140. The molecule has 1 spiro atoms. The van der Waals surface area contributed by atoms with Gasteiger partial charge in [0.1, 0.15) is 5.92 Å². The maximum atomic E-state index is 12.0. The van der Waals surface area contributed by atoms with Crippen LogP contribution in [0, 0.1) is 17.2 Å². The van der Waals surface area contributed by atoms with Crippen molar-refractivity contribution < 1.29 is 14.4 Å². The van der Waals surface area contributed by atoms with E-state index in [-0.39, 0.29) is 6.54 Å². The molecule has 0 bridgehead atoms. The van der Waals surface area contributed by atoms with Crippen molar-refractivity contribution in [3.63, 3.8) is 0 Å². The van der Waals surface area contributed by atoms with Gasteiger partial charge in [0.05, 0.1) is 12.6 Å². The third-order valence-electron chi connectivity index (χ3n) is 2.88. The van der Waals surface area contributed by atoms with Gasteiger partial charge in [0.25, 0.3) is 11.6 Å². The standard InChI is InChI=1S/C9H9N5O3/c1-5(15)14-8(17)13(2)7(16)9(14)6(3-10)4-11-12-9/h6H,4H2,1-2H3/t6-,9+/m1/s1. The molecule has 2 aliphatic heterocycles. The van der Waals surface area contributed by atoms with Crippen molar-refractivity contribution in [3.05, 3.63) is 0 Å². The third kappa shape index (κ3) is 1.13. The molecule has 2 rings (SSSR count). The van der Waals surface area contributed by atoms with E-state index in [1.807, 2.05) is 6.07 Å². The minimum Gasteiger partial charge on any atom is -0.275 e. The summed E-state index contributed by atoms with van der Waals surface area (Å²) >= 11 is 0. The van der Waals surface area contributed by atoms with Crippen LogP contribution in [0.3, 0.4) is 0 Å². The molecule has 1 fully saturated rings. The van der Waals surface area contributed by atoms with Crippen molar-refractivity contribution in [1.29, 1.82) is 5.26 Å². The van der Waals surface area contributed by atoms with Crippen molar-refractivity contribution in [2.24, 2.45) is 16.1 Å². The van der Waals surface area contributed by atoms with Gasteiger partial charge in [0.15, 0.2) is 0 Å². The molecule has 0 aromatic rings. The zero-order valence-electron chi connectivity index (χ0n) is 9.25. The molecule has 1 saturated heterocycles. The van der Waals surface area contributed by atoms with Crippen molar-refractivity contribution in [3.8, 4) is 6.07 Å². The lowest BCUT2D eigenvalue weighted by Gasteiger charge is -2.26. The first kappa shape index (κ1) is 11.2. The van der Waals surface area contributed by atoms with Crippen LogP contribution in [0.15, 0.2) is 10.2 Å². The van der Waals surface area contributed by atoms with Gasteiger partial charge in [0.2, 0.25) is 5.91 Å². The summed E-state index contributed by atoms with van der Waals surface area (Å²) in [5, 5.41) is 16.3. The highest BCUT2D eigenvalue weighted by Gasteiger charge is 2.65. The van der Waals surface area contributed by atoms with E-state index in [2.05, 4.69) is 10.2 Å². The highest BCUT2D eigenvalue weighted by molar-refractivity contribution is 6.13. The topological polar surface area (TPSA) is 106 Å². The fourth-order valence-corrected chi connectivity index (χ4v) is 2.05. The molecule has 0 aromatic carbocycles. The van der Waals surface area contributed by atoms with Crippen molar-refractivity contribution in [1.82, 2.24) is 9.80 Å². The fourth-order valence-electron chi connectivity index (χ4n) is 2.05. The molecule has 2 aliphatic rings. The number of hydrogen-bond donors (Lipinski definition) is 0. The van der Waals surface area contributed by atoms with E-state index in [4.69, 9.17) is 5.26 Å². The lowest BCUT2D eigenvalue weighted by atomic mass is 9.94. The van der Waals surface area contributed by atoms with Gasteiger partial charge < -0.3 is 0 Å². The van der Waals surface area contributed by atoms with Gasteiger partial charge >= 0.3 is 6.03 Å². The Morgan fingerprint density at radius 2 is 2.24 bits per heavy atom. The van der Waals surface area contributed by atoms with Crippen LogP contribution in [0.4, 0.5) is 4.79 Å². The van der Waals surface area contributed by atoms with E-state index in [1.165, 1.54) is 7.05 Å². The van der Waals surface area contributed by atoms with Crippen LogP contribution in [0.1, 0.15) is 6.92 Å². The molecule has 4 amide bonds. The zero-order valence-corrected chi connectivity index (χ0v) is 9.25. The van der Waals surface area contributed by atoms with Crippen LogP contribution < -0.4 is 0 Å². The number of hydrogen-bond acceptors (Lipinski definition) is 6. The number of carbonyl (C=O) groups is 3. The summed E-state index contributed by atoms with van der Waals surface area (Å²) in [7, 11) is 1.25. The number of azo groups is 1. The fraction of sp³-hybridized carbons (Fsp3) is 0.556. The number of amides is 4. The first-order valence-electron chi connectivity index (χ1n) is 4.88. The number of imide groups is 2. The number of rotatable bonds is 0. The molecule has 0 radical (unpaired) electrons. The first-order chi connectivity index (χ1) is 7.96. The minimum absolute atomic E-state index is 0.00708. The largest absolute Gasteiger partial charge is 0.335 e. The summed E-state index contributed by atoms with van der Waals surface area (Å²) < 4.78 is 0. The monoisotopic (exact) mass is 235 g/mol. The number of nitriles is 1. The Bertz CT molecular complexity index is 493. The third-order valence-corrected chi connectivity index (χ3v) is 2.88. The molecular formula is C9H9N5O3. The van der Waals surface area contributed by atoms with Crippen molar-refractivity contribution in [2.75, 3.05) is 13.6 Å². The van der Waals surface area contributed by atoms with Crippen molar-refractivity contribution >= 4 is 17.8 Å². The van der Waals surface area contributed by atoms with E-state index in [0.29, 0.717) is 4.90 Å². The molecule has 8 nitrogen and oxygen atoms in total. The number of carbonyl (C=O) groups excluding carboxylic acids is 3. The Balaban J connectivity index is 2.61. The summed E-state index contributed by atoms with van der Waals surface area (Å²) in [5.74, 6) is -2.24. The van der Waals surface area contributed by atoms with E-state index in [0.717, 1.165) is 11.8 Å². The molecule has 8 heteroatoms. The van der Waals surface area contributed by atoms with Gasteiger partial charge in [-0.3, -0.25) is 14.5 Å². The van der Waals surface area contributed by atoms with E-state index >= 15 is 0 Å².